The van der Waals surface area contributed by atoms with Crippen molar-refractivity contribution >= 4 is 11.9 Å². The average Bonchev–Trinajstić information content (AvgIpc) is 2.10. The lowest BCUT2D eigenvalue weighted by molar-refractivity contribution is -0.172. The van der Waals surface area contributed by atoms with Crippen LogP contribution in [0, 0.1) is 17.8 Å². The Hall–Kier alpha value is -1.06. The van der Waals surface area contributed by atoms with Crippen LogP contribution >= 0.6 is 0 Å². The lowest BCUT2D eigenvalue weighted by Gasteiger charge is -2.34. The molecule has 1 saturated heterocycles. The molecule has 0 aromatic rings. The van der Waals surface area contributed by atoms with Gasteiger partial charge >= 0.3 is 11.9 Å². The van der Waals surface area contributed by atoms with E-state index in [9.17, 15) is 9.59 Å². The van der Waals surface area contributed by atoms with Gasteiger partial charge in [0.25, 0.3) is 0 Å². The minimum absolute atomic E-state index is 0.109. The highest BCUT2D eigenvalue weighted by molar-refractivity contribution is 5.75. The summed E-state index contributed by atoms with van der Waals surface area (Å²) in [6, 6.07) is 0. The third-order valence-corrected chi connectivity index (χ3v) is 2.82. The third kappa shape index (κ3) is 2.05. The van der Waals surface area contributed by atoms with Crippen molar-refractivity contribution in [3.05, 3.63) is 0 Å². The van der Waals surface area contributed by atoms with Gasteiger partial charge in [0.2, 0.25) is 0 Å². The third-order valence-electron chi connectivity index (χ3n) is 2.82. The molecule has 0 aromatic carbocycles. The van der Waals surface area contributed by atoms with Crippen molar-refractivity contribution in [1.29, 1.82) is 0 Å². The Kier molecular flexibility index (Phi) is 3.13. The van der Waals surface area contributed by atoms with Crippen LogP contribution in [0.1, 0.15) is 27.2 Å². The van der Waals surface area contributed by atoms with Gasteiger partial charge in [-0.15, -0.1) is 0 Å². The van der Waals surface area contributed by atoms with Gasteiger partial charge in [-0.1, -0.05) is 13.8 Å². The first-order chi connectivity index (χ1) is 6.43. The minimum Gasteiger partial charge on any atom is -0.481 e. The van der Waals surface area contributed by atoms with Crippen LogP contribution in [0.15, 0.2) is 0 Å². The molecule has 1 unspecified atom stereocenters. The van der Waals surface area contributed by atoms with Crippen molar-refractivity contribution in [2.24, 2.45) is 17.8 Å². The van der Waals surface area contributed by atoms with Crippen LogP contribution in [-0.4, -0.2) is 23.1 Å². The molecule has 0 aromatic heterocycles. The molecule has 4 nitrogen and oxygen atoms in total. The van der Waals surface area contributed by atoms with Gasteiger partial charge in [0.05, 0.1) is 11.8 Å². The lowest BCUT2D eigenvalue weighted by atomic mass is 9.84. The Balaban J connectivity index is 2.70. The molecule has 0 saturated carbocycles. The van der Waals surface area contributed by atoms with Gasteiger partial charge in [-0.2, -0.15) is 0 Å². The van der Waals surface area contributed by atoms with E-state index in [1.807, 2.05) is 6.92 Å². The van der Waals surface area contributed by atoms with Crippen LogP contribution in [0.25, 0.3) is 0 Å². The predicted molar refractivity (Wildman–Crippen MR) is 49.6 cm³/mol. The molecule has 0 amide bonds. The fraction of sp³-hybridized carbons (Fsp3) is 0.800. The van der Waals surface area contributed by atoms with Gasteiger partial charge in [0.1, 0.15) is 6.10 Å². The molecule has 4 atom stereocenters. The van der Waals surface area contributed by atoms with E-state index >= 15 is 0 Å². The van der Waals surface area contributed by atoms with E-state index in [-0.39, 0.29) is 17.8 Å². The number of carboxylic acid groups (broad SMARTS) is 1. The van der Waals surface area contributed by atoms with Crippen molar-refractivity contribution in [1.82, 2.24) is 0 Å². The maximum atomic E-state index is 11.3. The molecular weight excluding hydrogens is 184 g/mol. The van der Waals surface area contributed by atoms with E-state index in [2.05, 4.69) is 0 Å². The molecule has 1 aliphatic rings. The van der Waals surface area contributed by atoms with E-state index in [1.54, 1.807) is 13.8 Å². The standard InChI is InChI=1S/C10H16O4/c1-5-4-6(2)10(13)14-8(5)7(3)9(11)12/h5-8H,4H2,1-3H3,(H,11,12)/t5-,6+,7+,8?/m1/s1. The monoisotopic (exact) mass is 200 g/mol. The topological polar surface area (TPSA) is 63.6 Å². The van der Waals surface area contributed by atoms with Crippen LogP contribution in [0.5, 0.6) is 0 Å². The Morgan fingerprint density at radius 2 is 2.14 bits per heavy atom. The summed E-state index contributed by atoms with van der Waals surface area (Å²) in [6.45, 7) is 5.31. The van der Waals surface area contributed by atoms with E-state index in [0.717, 1.165) is 0 Å². The van der Waals surface area contributed by atoms with Crippen molar-refractivity contribution in [3.63, 3.8) is 0 Å². The van der Waals surface area contributed by atoms with Crippen molar-refractivity contribution in [2.45, 2.75) is 33.3 Å². The number of esters is 1. The largest absolute Gasteiger partial charge is 0.481 e. The minimum atomic E-state index is -0.913. The molecule has 1 heterocycles. The number of cyclic esters (lactones) is 1. The van der Waals surface area contributed by atoms with Gasteiger partial charge in [-0.25, -0.2) is 0 Å². The number of carbonyl (C=O) groups excluding carboxylic acids is 1. The normalized spacial score (nSPS) is 34.8. The maximum absolute atomic E-state index is 11.3. The zero-order valence-corrected chi connectivity index (χ0v) is 8.69. The van der Waals surface area contributed by atoms with Crippen LogP contribution in [0.4, 0.5) is 0 Å². The van der Waals surface area contributed by atoms with Crippen LogP contribution in [0.3, 0.4) is 0 Å². The first-order valence-corrected chi connectivity index (χ1v) is 4.86. The highest BCUT2D eigenvalue weighted by Crippen LogP contribution is 2.29. The smallest absolute Gasteiger partial charge is 0.309 e. The zero-order chi connectivity index (χ0) is 10.9. The molecule has 4 heteroatoms. The summed E-state index contributed by atoms with van der Waals surface area (Å²) in [5.74, 6) is -1.80. The van der Waals surface area contributed by atoms with Gasteiger partial charge in [0.15, 0.2) is 0 Å². The van der Waals surface area contributed by atoms with Gasteiger partial charge in [0, 0.05) is 0 Å². The molecule has 1 N–H and O–H groups in total. The summed E-state index contributed by atoms with van der Waals surface area (Å²) in [7, 11) is 0. The molecule has 0 radical (unpaired) electrons. The molecule has 1 fully saturated rings. The molecule has 0 bridgehead atoms. The van der Waals surface area contributed by atoms with Crippen molar-refractivity contribution < 1.29 is 19.4 Å². The highest BCUT2D eigenvalue weighted by Gasteiger charge is 2.38. The van der Waals surface area contributed by atoms with E-state index in [4.69, 9.17) is 9.84 Å². The van der Waals surface area contributed by atoms with Crippen molar-refractivity contribution in [3.8, 4) is 0 Å². The summed E-state index contributed by atoms with van der Waals surface area (Å²) in [6.07, 6.45) is 0.234. The van der Waals surface area contributed by atoms with E-state index in [1.165, 1.54) is 0 Å². The maximum Gasteiger partial charge on any atom is 0.309 e. The summed E-state index contributed by atoms with van der Waals surface area (Å²) in [5.41, 5.74) is 0. The second kappa shape index (κ2) is 3.98. The van der Waals surface area contributed by atoms with Gasteiger partial charge in [-0.05, 0) is 19.3 Å². The number of hydrogen-bond donors (Lipinski definition) is 1. The lowest BCUT2D eigenvalue weighted by Crippen LogP contribution is -2.42. The van der Waals surface area contributed by atoms with Crippen LogP contribution < -0.4 is 0 Å². The predicted octanol–water partition coefficient (Wildman–Crippen LogP) is 1.29. The molecule has 80 valence electrons. The number of ether oxygens (including phenoxy) is 1. The average molecular weight is 200 g/mol. The summed E-state index contributed by atoms with van der Waals surface area (Å²) in [5, 5.41) is 8.81. The van der Waals surface area contributed by atoms with Gasteiger partial charge < -0.3 is 9.84 Å². The molecule has 0 aliphatic carbocycles. The summed E-state index contributed by atoms with van der Waals surface area (Å²) in [4.78, 5) is 22.0. The number of aliphatic carboxylic acids is 1. The second-order valence-electron chi connectivity index (χ2n) is 4.14. The number of carboxylic acids is 1. The molecule has 1 aliphatic heterocycles. The van der Waals surface area contributed by atoms with Gasteiger partial charge in [-0.3, -0.25) is 9.59 Å². The summed E-state index contributed by atoms with van der Waals surface area (Å²) >= 11 is 0. The summed E-state index contributed by atoms with van der Waals surface area (Å²) < 4.78 is 5.11. The number of hydrogen-bond acceptors (Lipinski definition) is 3. The number of rotatable bonds is 2. The molecule has 1 rings (SSSR count). The second-order valence-corrected chi connectivity index (χ2v) is 4.14. The van der Waals surface area contributed by atoms with Crippen molar-refractivity contribution in [2.75, 3.05) is 0 Å². The van der Waals surface area contributed by atoms with Crippen LogP contribution in [-0.2, 0) is 14.3 Å². The Morgan fingerprint density at radius 1 is 1.57 bits per heavy atom. The first-order valence-electron chi connectivity index (χ1n) is 4.86. The Labute approximate surface area is 83.2 Å². The molecule has 14 heavy (non-hydrogen) atoms. The zero-order valence-electron chi connectivity index (χ0n) is 8.69. The Morgan fingerprint density at radius 3 is 2.64 bits per heavy atom. The fourth-order valence-corrected chi connectivity index (χ4v) is 1.89. The molecule has 0 spiro atoms. The van der Waals surface area contributed by atoms with E-state index in [0.29, 0.717) is 6.42 Å². The first kappa shape index (κ1) is 11.0. The van der Waals surface area contributed by atoms with Crippen LogP contribution in [0.2, 0.25) is 0 Å². The van der Waals surface area contributed by atoms with E-state index < -0.39 is 18.0 Å². The number of carbonyl (C=O) groups is 2. The Bertz CT molecular complexity index is 249. The quantitative estimate of drug-likeness (QED) is 0.682. The fourth-order valence-electron chi connectivity index (χ4n) is 1.89. The SMILES string of the molecule is C[C@@H]1C[C@H](C)C(=O)OC1[C@H](C)C(=O)O. The highest BCUT2D eigenvalue weighted by atomic mass is 16.5. The molecular formula is C10H16O4.